The Bertz CT molecular complexity index is 1070. The molecule has 0 spiro atoms. The van der Waals surface area contributed by atoms with Crippen molar-refractivity contribution in [2.75, 3.05) is 6.61 Å². The molecule has 3 rings (SSSR count). The molecule has 0 unspecified atom stereocenters. The van der Waals surface area contributed by atoms with E-state index in [0.717, 1.165) is 0 Å². The predicted octanol–water partition coefficient (Wildman–Crippen LogP) is 2.91. The highest BCUT2D eigenvalue weighted by Crippen LogP contribution is 2.21. The molecule has 1 amide bonds. The average Bonchev–Trinajstić information content (AvgIpc) is 2.70. The molecule has 0 atom stereocenters. The number of benzene rings is 2. The third kappa shape index (κ3) is 3.93. The molecular weight excluding hydrogens is 360 g/mol. The van der Waals surface area contributed by atoms with Crippen LogP contribution in [0.1, 0.15) is 27.6 Å². The van der Waals surface area contributed by atoms with Gasteiger partial charge in [-0.2, -0.15) is 0 Å². The molecule has 2 N–H and O–H groups in total. The molecule has 0 aliphatic carbocycles. The van der Waals surface area contributed by atoms with Crippen molar-refractivity contribution in [1.82, 2.24) is 4.57 Å². The highest BCUT2D eigenvalue weighted by atomic mass is 16.5. The monoisotopic (exact) mass is 378 g/mol. The second kappa shape index (κ2) is 8.22. The van der Waals surface area contributed by atoms with Gasteiger partial charge in [0.25, 0.3) is 5.91 Å². The Kier molecular flexibility index (Phi) is 5.55. The number of nitrogens with zero attached hydrogens (tertiary/aromatic N) is 1. The summed E-state index contributed by atoms with van der Waals surface area (Å²) in [6.07, 6.45) is 2.71. The maximum Gasteiger partial charge on any atom is 0.343 e. The normalized spacial score (nSPS) is 10.3. The number of aromatic nitrogens is 1. The van der Waals surface area contributed by atoms with Gasteiger partial charge in [0.1, 0.15) is 11.3 Å². The van der Waals surface area contributed by atoms with Crippen LogP contribution in [0, 0.1) is 0 Å². The standard InChI is InChI=1S/C21H18N2O5/c1-2-27-21(26)16-12-23(17-11-7-6-10-15(17)20(22)25)13-18(19(16)24)28-14-8-4-3-5-9-14/h3-13H,2H2,1H3,(H2,22,25). The average molecular weight is 378 g/mol. The van der Waals surface area contributed by atoms with Crippen molar-refractivity contribution >= 4 is 11.9 Å². The molecule has 0 saturated heterocycles. The highest BCUT2D eigenvalue weighted by molar-refractivity contribution is 5.96. The number of ether oxygens (including phenoxy) is 2. The quantitative estimate of drug-likeness (QED) is 0.665. The Morgan fingerprint density at radius 2 is 1.64 bits per heavy atom. The summed E-state index contributed by atoms with van der Waals surface area (Å²) in [5.41, 5.74) is 5.25. The molecule has 1 aromatic heterocycles. The SMILES string of the molecule is CCOC(=O)c1cn(-c2ccccc2C(N)=O)cc(Oc2ccccc2)c1=O. The van der Waals surface area contributed by atoms with Gasteiger partial charge < -0.3 is 19.8 Å². The van der Waals surface area contributed by atoms with Crippen LogP contribution in [0.2, 0.25) is 0 Å². The fourth-order valence-corrected chi connectivity index (χ4v) is 2.64. The first-order chi connectivity index (χ1) is 13.5. The highest BCUT2D eigenvalue weighted by Gasteiger charge is 2.19. The van der Waals surface area contributed by atoms with Crippen molar-refractivity contribution in [3.63, 3.8) is 0 Å². The molecule has 7 heteroatoms. The van der Waals surface area contributed by atoms with Gasteiger partial charge in [0.05, 0.1) is 24.1 Å². The van der Waals surface area contributed by atoms with Crippen molar-refractivity contribution in [2.24, 2.45) is 5.73 Å². The molecule has 28 heavy (non-hydrogen) atoms. The Morgan fingerprint density at radius 1 is 0.964 bits per heavy atom. The molecule has 7 nitrogen and oxygen atoms in total. The van der Waals surface area contributed by atoms with E-state index in [2.05, 4.69) is 0 Å². The van der Waals surface area contributed by atoms with Gasteiger partial charge in [0.15, 0.2) is 5.75 Å². The zero-order valence-electron chi connectivity index (χ0n) is 15.1. The van der Waals surface area contributed by atoms with Gasteiger partial charge in [-0.1, -0.05) is 30.3 Å². The van der Waals surface area contributed by atoms with E-state index in [-0.39, 0.29) is 23.5 Å². The van der Waals surface area contributed by atoms with Gasteiger partial charge in [-0.3, -0.25) is 9.59 Å². The molecule has 0 saturated carbocycles. The fourth-order valence-electron chi connectivity index (χ4n) is 2.64. The summed E-state index contributed by atoms with van der Waals surface area (Å²) < 4.78 is 12.1. The topological polar surface area (TPSA) is 101 Å². The molecule has 0 bridgehead atoms. The third-order valence-corrected chi connectivity index (χ3v) is 3.91. The van der Waals surface area contributed by atoms with Gasteiger partial charge in [-0.15, -0.1) is 0 Å². The molecule has 0 aliphatic heterocycles. The van der Waals surface area contributed by atoms with Crippen LogP contribution in [-0.4, -0.2) is 23.1 Å². The van der Waals surface area contributed by atoms with E-state index in [9.17, 15) is 14.4 Å². The first-order valence-corrected chi connectivity index (χ1v) is 8.56. The maximum absolute atomic E-state index is 12.8. The molecule has 2 aromatic carbocycles. The smallest absolute Gasteiger partial charge is 0.343 e. The summed E-state index contributed by atoms with van der Waals surface area (Å²) in [5, 5.41) is 0. The lowest BCUT2D eigenvalue weighted by Crippen LogP contribution is -2.22. The third-order valence-electron chi connectivity index (χ3n) is 3.91. The minimum absolute atomic E-state index is 0.0870. The number of hydrogen-bond donors (Lipinski definition) is 1. The number of primary amides is 1. The zero-order valence-corrected chi connectivity index (χ0v) is 15.1. The summed E-state index contributed by atoms with van der Waals surface area (Å²) in [6.45, 7) is 1.75. The van der Waals surface area contributed by atoms with E-state index in [0.29, 0.717) is 11.4 Å². The molecule has 0 fully saturated rings. The molecule has 0 radical (unpaired) electrons. The van der Waals surface area contributed by atoms with Crippen LogP contribution in [0.15, 0.2) is 71.8 Å². The number of rotatable bonds is 6. The summed E-state index contributed by atoms with van der Waals surface area (Å²) >= 11 is 0. The first kappa shape index (κ1) is 18.9. The fraction of sp³-hybridized carbons (Fsp3) is 0.0952. The predicted molar refractivity (Wildman–Crippen MR) is 103 cm³/mol. The van der Waals surface area contributed by atoms with Crippen molar-refractivity contribution in [3.05, 3.63) is 88.3 Å². The number of pyridine rings is 1. The van der Waals surface area contributed by atoms with Gasteiger partial charge >= 0.3 is 5.97 Å². The number of para-hydroxylation sites is 2. The van der Waals surface area contributed by atoms with Crippen molar-refractivity contribution in [1.29, 1.82) is 0 Å². The Hall–Kier alpha value is -3.87. The van der Waals surface area contributed by atoms with E-state index < -0.39 is 17.3 Å². The second-order valence-corrected chi connectivity index (χ2v) is 5.79. The molecule has 1 heterocycles. The van der Waals surface area contributed by atoms with Crippen LogP contribution in [-0.2, 0) is 4.74 Å². The number of amides is 1. The number of carbonyl (C=O) groups is 2. The largest absolute Gasteiger partial charge is 0.462 e. The lowest BCUT2D eigenvalue weighted by molar-refractivity contribution is 0.0523. The molecule has 142 valence electrons. The van der Waals surface area contributed by atoms with E-state index in [1.165, 1.54) is 17.0 Å². The van der Waals surface area contributed by atoms with Crippen molar-refractivity contribution < 1.29 is 19.1 Å². The summed E-state index contributed by atoms with van der Waals surface area (Å²) in [7, 11) is 0. The summed E-state index contributed by atoms with van der Waals surface area (Å²) in [6, 6.07) is 15.3. The van der Waals surface area contributed by atoms with E-state index in [1.54, 1.807) is 55.5 Å². The number of esters is 1. The van der Waals surface area contributed by atoms with Crippen molar-refractivity contribution in [3.8, 4) is 17.2 Å². The van der Waals surface area contributed by atoms with Crippen molar-refractivity contribution in [2.45, 2.75) is 6.92 Å². The molecule has 0 aliphatic rings. The number of nitrogens with two attached hydrogens (primary N) is 1. The number of carbonyl (C=O) groups excluding carboxylic acids is 2. The summed E-state index contributed by atoms with van der Waals surface area (Å²) in [5.74, 6) is -1.08. The van der Waals surface area contributed by atoms with Gasteiger partial charge in [-0.25, -0.2) is 4.79 Å². The van der Waals surface area contributed by atoms with E-state index in [4.69, 9.17) is 15.2 Å². The maximum atomic E-state index is 12.8. The molecule has 3 aromatic rings. The Balaban J connectivity index is 2.19. The van der Waals surface area contributed by atoms with Crippen LogP contribution < -0.4 is 15.9 Å². The lowest BCUT2D eigenvalue weighted by Gasteiger charge is -2.14. The van der Waals surface area contributed by atoms with Crippen LogP contribution in [0.25, 0.3) is 5.69 Å². The van der Waals surface area contributed by atoms with Crippen LogP contribution in [0.4, 0.5) is 0 Å². The summed E-state index contributed by atoms with van der Waals surface area (Å²) in [4.78, 5) is 36.8. The second-order valence-electron chi connectivity index (χ2n) is 5.79. The van der Waals surface area contributed by atoms with E-state index >= 15 is 0 Å². The van der Waals surface area contributed by atoms with Gasteiger partial charge in [0, 0.05) is 6.20 Å². The minimum Gasteiger partial charge on any atom is -0.462 e. The van der Waals surface area contributed by atoms with Gasteiger partial charge in [-0.05, 0) is 31.2 Å². The Labute approximate surface area is 160 Å². The first-order valence-electron chi connectivity index (χ1n) is 8.56. The Morgan fingerprint density at radius 3 is 2.32 bits per heavy atom. The minimum atomic E-state index is -0.781. The zero-order chi connectivity index (χ0) is 20.1. The van der Waals surface area contributed by atoms with Crippen LogP contribution >= 0.6 is 0 Å². The van der Waals surface area contributed by atoms with Crippen LogP contribution in [0.3, 0.4) is 0 Å². The lowest BCUT2D eigenvalue weighted by atomic mass is 10.1. The van der Waals surface area contributed by atoms with E-state index in [1.807, 2.05) is 6.07 Å². The molecular formula is C21H18N2O5. The van der Waals surface area contributed by atoms with Gasteiger partial charge in [0.2, 0.25) is 5.43 Å². The number of hydrogen-bond acceptors (Lipinski definition) is 5. The van der Waals surface area contributed by atoms with Crippen LogP contribution in [0.5, 0.6) is 11.5 Å².